The van der Waals surface area contributed by atoms with E-state index < -0.39 is 15.6 Å². The molecule has 1 aromatic carbocycles. The van der Waals surface area contributed by atoms with Gasteiger partial charge in [0.2, 0.25) is 10.0 Å². The van der Waals surface area contributed by atoms with Gasteiger partial charge in [0, 0.05) is 24.2 Å². The number of amides is 1. The van der Waals surface area contributed by atoms with E-state index in [0.29, 0.717) is 18.7 Å². The zero-order valence-electron chi connectivity index (χ0n) is 15.6. The van der Waals surface area contributed by atoms with Gasteiger partial charge in [-0.25, -0.2) is 13.1 Å². The lowest BCUT2D eigenvalue weighted by atomic mass is 10.1. The Morgan fingerprint density at radius 3 is 2.33 bits per heavy atom. The summed E-state index contributed by atoms with van der Waals surface area (Å²) in [5, 5.41) is 0. The molecule has 136 valence electrons. The Labute approximate surface area is 146 Å². The van der Waals surface area contributed by atoms with Gasteiger partial charge >= 0.3 is 0 Å². The Balaban J connectivity index is 3.20. The van der Waals surface area contributed by atoms with Crippen molar-refractivity contribution in [3.8, 4) is 0 Å². The Morgan fingerprint density at radius 1 is 1.21 bits per heavy atom. The quantitative estimate of drug-likeness (QED) is 0.817. The summed E-state index contributed by atoms with van der Waals surface area (Å²) >= 11 is 0. The molecular weight excluding hydrogens is 324 g/mol. The first-order valence-electron chi connectivity index (χ1n) is 8.45. The third kappa shape index (κ3) is 5.60. The second-order valence-electron chi connectivity index (χ2n) is 7.07. The number of carbonyl (C=O) groups is 1. The Kier molecular flexibility index (Phi) is 6.98. The van der Waals surface area contributed by atoms with E-state index in [9.17, 15) is 13.2 Å². The number of hydrogen-bond acceptors (Lipinski definition) is 3. The smallest absolute Gasteiger partial charge is 0.254 e. The summed E-state index contributed by atoms with van der Waals surface area (Å²) in [5.41, 5.74) is 0.652. The average molecular weight is 355 g/mol. The third-order valence-corrected chi connectivity index (χ3v) is 5.40. The first-order chi connectivity index (χ1) is 11.0. The fourth-order valence-electron chi connectivity index (χ4n) is 2.38. The van der Waals surface area contributed by atoms with Crippen LogP contribution in [0.2, 0.25) is 0 Å². The van der Waals surface area contributed by atoms with Gasteiger partial charge in [-0.1, -0.05) is 19.4 Å². The van der Waals surface area contributed by atoms with Crippen LogP contribution in [0, 0.1) is 6.92 Å². The molecule has 0 aliphatic carbocycles. The number of nitrogens with zero attached hydrogens (tertiary/aromatic N) is 1. The molecule has 0 unspecified atom stereocenters. The van der Waals surface area contributed by atoms with Crippen molar-refractivity contribution in [3.63, 3.8) is 0 Å². The molecule has 0 spiro atoms. The van der Waals surface area contributed by atoms with E-state index in [1.807, 2.05) is 13.8 Å². The normalized spacial score (nSPS) is 12.2. The molecule has 0 heterocycles. The molecular formula is C18H30N2O3S. The number of benzene rings is 1. The van der Waals surface area contributed by atoms with Crippen LogP contribution in [-0.4, -0.2) is 37.9 Å². The SMILES string of the molecule is CCCCN(CC)C(=O)c1cc(S(=O)(=O)NC(C)(C)C)ccc1C. The van der Waals surface area contributed by atoms with Crippen molar-refractivity contribution in [3.05, 3.63) is 29.3 Å². The number of unbranched alkanes of at least 4 members (excludes halogenated alkanes) is 1. The molecule has 0 radical (unpaired) electrons. The average Bonchev–Trinajstić information content (AvgIpc) is 2.45. The summed E-state index contributed by atoms with van der Waals surface area (Å²) in [5.74, 6) is -0.115. The van der Waals surface area contributed by atoms with Crippen molar-refractivity contribution in [2.75, 3.05) is 13.1 Å². The molecule has 1 aromatic rings. The molecule has 0 aliphatic heterocycles. The van der Waals surface area contributed by atoms with Crippen LogP contribution in [0.1, 0.15) is 63.4 Å². The lowest BCUT2D eigenvalue weighted by Crippen LogP contribution is -2.40. The van der Waals surface area contributed by atoms with Gasteiger partial charge in [0.1, 0.15) is 0 Å². The number of carbonyl (C=O) groups excluding carboxylic acids is 1. The first kappa shape index (κ1) is 20.6. The van der Waals surface area contributed by atoms with Crippen molar-refractivity contribution < 1.29 is 13.2 Å². The highest BCUT2D eigenvalue weighted by Gasteiger charge is 2.24. The summed E-state index contributed by atoms with van der Waals surface area (Å²) in [6.45, 7) is 12.5. The molecule has 1 amide bonds. The first-order valence-corrected chi connectivity index (χ1v) is 9.94. The third-order valence-electron chi connectivity index (χ3n) is 3.64. The predicted octanol–water partition coefficient (Wildman–Crippen LogP) is 3.33. The van der Waals surface area contributed by atoms with Crippen LogP contribution in [0.25, 0.3) is 0 Å². The molecule has 0 atom stereocenters. The summed E-state index contributed by atoms with van der Waals surface area (Å²) in [4.78, 5) is 14.7. The van der Waals surface area contributed by atoms with Gasteiger partial charge < -0.3 is 4.90 Å². The Hall–Kier alpha value is -1.40. The topological polar surface area (TPSA) is 66.5 Å². The van der Waals surface area contributed by atoms with Crippen LogP contribution in [0.5, 0.6) is 0 Å². The molecule has 24 heavy (non-hydrogen) atoms. The van der Waals surface area contributed by atoms with Crippen molar-refractivity contribution >= 4 is 15.9 Å². The van der Waals surface area contributed by atoms with Gasteiger partial charge in [0.25, 0.3) is 5.91 Å². The maximum Gasteiger partial charge on any atom is 0.254 e. The molecule has 0 saturated carbocycles. The van der Waals surface area contributed by atoms with Gasteiger partial charge in [-0.2, -0.15) is 0 Å². The molecule has 0 fully saturated rings. The van der Waals surface area contributed by atoms with E-state index in [0.717, 1.165) is 18.4 Å². The number of hydrogen-bond donors (Lipinski definition) is 1. The minimum absolute atomic E-state index is 0.115. The summed E-state index contributed by atoms with van der Waals surface area (Å²) < 4.78 is 27.6. The fourth-order valence-corrected chi connectivity index (χ4v) is 3.83. The van der Waals surface area contributed by atoms with Gasteiger partial charge in [-0.05, 0) is 58.7 Å². The Bertz CT molecular complexity index is 676. The summed E-state index contributed by atoms with van der Waals surface area (Å²) in [6, 6.07) is 4.72. The van der Waals surface area contributed by atoms with Crippen molar-refractivity contribution in [1.29, 1.82) is 0 Å². The highest BCUT2D eigenvalue weighted by Crippen LogP contribution is 2.19. The van der Waals surface area contributed by atoms with E-state index in [-0.39, 0.29) is 10.8 Å². The van der Waals surface area contributed by atoms with Crippen molar-refractivity contribution in [1.82, 2.24) is 9.62 Å². The van der Waals surface area contributed by atoms with E-state index in [1.165, 1.54) is 6.07 Å². The predicted molar refractivity (Wildman–Crippen MR) is 97.7 cm³/mol. The zero-order valence-corrected chi connectivity index (χ0v) is 16.5. The summed E-state index contributed by atoms with van der Waals surface area (Å²) in [6.07, 6.45) is 1.94. The van der Waals surface area contributed by atoms with Crippen LogP contribution in [0.15, 0.2) is 23.1 Å². The lowest BCUT2D eigenvalue weighted by molar-refractivity contribution is 0.0761. The minimum Gasteiger partial charge on any atom is -0.339 e. The minimum atomic E-state index is -3.66. The van der Waals surface area contributed by atoms with E-state index in [2.05, 4.69) is 11.6 Å². The van der Waals surface area contributed by atoms with Crippen LogP contribution in [-0.2, 0) is 10.0 Å². The van der Waals surface area contributed by atoms with Crippen LogP contribution >= 0.6 is 0 Å². The van der Waals surface area contributed by atoms with Gasteiger partial charge in [-0.3, -0.25) is 4.79 Å². The fraction of sp³-hybridized carbons (Fsp3) is 0.611. The second kappa shape index (κ2) is 8.12. The molecule has 1 rings (SSSR count). The largest absolute Gasteiger partial charge is 0.339 e. The molecule has 5 nitrogen and oxygen atoms in total. The molecule has 0 aliphatic rings. The molecule has 0 aromatic heterocycles. The second-order valence-corrected chi connectivity index (χ2v) is 8.75. The molecule has 6 heteroatoms. The maximum absolute atomic E-state index is 12.8. The Morgan fingerprint density at radius 2 is 1.83 bits per heavy atom. The van der Waals surface area contributed by atoms with Crippen LogP contribution in [0.3, 0.4) is 0 Å². The van der Waals surface area contributed by atoms with E-state index >= 15 is 0 Å². The highest BCUT2D eigenvalue weighted by molar-refractivity contribution is 7.89. The van der Waals surface area contributed by atoms with E-state index in [4.69, 9.17) is 0 Å². The zero-order chi connectivity index (χ0) is 18.5. The van der Waals surface area contributed by atoms with E-state index in [1.54, 1.807) is 37.8 Å². The number of rotatable bonds is 7. The maximum atomic E-state index is 12.8. The molecule has 0 saturated heterocycles. The number of aryl methyl sites for hydroxylation is 1. The number of nitrogens with one attached hydrogen (secondary N) is 1. The molecule has 1 N–H and O–H groups in total. The monoisotopic (exact) mass is 354 g/mol. The lowest BCUT2D eigenvalue weighted by Gasteiger charge is -2.23. The van der Waals surface area contributed by atoms with Gasteiger partial charge in [0.05, 0.1) is 4.90 Å². The van der Waals surface area contributed by atoms with Crippen molar-refractivity contribution in [2.24, 2.45) is 0 Å². The van der Waals surface area contributed by atoms with Gasteiger partial charge in [-0.15, -0.1) is 0 Å². The molecule has 0 bridgehead atoms. The standard InChI is InChI=1S/C18H30N2O3S/c1-7-9-12-20(8-2)17(21)16-13-15(11-10-14(16)3)24(22,23)19-18(4,5)6/h10-11,13,19H,7-9,12H2,1-6H3. The van der Waals surface area contributed by atoms with Crippen LogP contribution in [0.4, 0.5) is 0 Å². The van der Waals surface area contributed by atoms with Crippen LogP contribution < -0.4 is 4.72 Å². The summed E-state index contributed by atoms with van der Waals surface area (Å²) in [7, 11) is -3.66. The van der Waals surface area contributed by atoms with Gasteiger partial charge in [0.15, 0.2) is 0 Å². The number of sulfonamides is 1. The van der Waals surface area contributed by atoms with Crippen molar-refractivity contribution in [2.45, 2.75) is 64.8 Å². The highest BCUT2D eigenvalue weighted by atomic mass is 32.2.